The first-order chi connectivity index (χ1) is 11.7. The van der Waals surface area contributed by atoms with Crippen LogP contribution in [0.1, 0.15) is 30.6 Å². The lowest BCUT2D eigenvalue weighted by molar-refractivity contribution is 0.0503. The zero-order chi connectivity index (χ0) is 18.7. The summed E-state index contributed by atoms with van der Waals surface area (Å²) < 4.78 is 29.3. The number of aliphatic hydroxyl groups is 1. The molecule has 1 amide bonds. The van der Waals surface area contributed by atoms with Crippen LogP contribution >= 0.6 is 0 Å². The Balaban J connectivity index is 2.26. The molecule has 1 aromatic rings. The number of nitrogens with zero attached hydrogens (tertiary/aromatic N) is 1. The topological polar surface area (TPSA) is 83.9 Å². The van der Waals surface area contributed by atoms with Crippen molar-refractivity contribution in [3.63, 3.8) is 0 Å². The van der Waals surface area contributed by atoms with Gasteiger partial charge in [-0.25, -0.2) is 8.42 Å². The summed E-state index contributed by atoms with van der Waals surface area (Å²) in [6, 6.07) is 6.75. The first-order valence-corrected chi connectivity index (χ1v) is 9.99. The SMILES string of the molecule is C=C(C)COc1cccc(C(=O)N(CCO)[C@@]2(C)CCS(=O)(=O)C2)c1. The zero-order valence-electron chi connectivity index (χ0n) is 14.7. The van der Waals surface area contributed by atoms with Gasteiger partial charge in [0.25, 0.3) is 5.91 Å². The van der Waals surface area contributed by atoms with Crippen molar-refractivity contribution >= 4 is 15.7 Å². The molecule has 0 unspecified atom stereocenters. The Morgan fingerprint density at radius 3 is 2.72 bits per heavy atom. The van der Waals surface area contributed by atoms with E-state index >= 15 is 0 Å². The summed E-state index contributed by atoms with van der Waals surface area (Å²) >= 11 is 0. The third-order valence-corrected chi connectivity index (χ3v) is 6.16. The molecule has 1 aliphatic heterocycles. The van der Waals surface area contributed by atoms with Gasteiger partial charge in [-0.1, -0.05) is 12.6 Å². The van der Waals surface area contributed by atoms with Gasteiger partial charge in [0.1, 0.15) is 12.4 Å². The second kappa shape index (κ2) is 7.58. The standard InChI is InChI=1S/C18H25NO5S/c1-14(2)12-24-16-6-4-5-15(11-16)17(21)19(8-9-20)18(3)7-10-25(22,23)13-18/h4-6,11,20H,1,7-10,12-13H2,2-3H3/t18-/m0/s1. The number of benzene rings is 1. The maximum Gasteiger partial charge on any atom is 0.254 e. The summed E-state index contributed by atoms with van der Waals surface area (Å²) in [6.45, 7) is 7.58. The molecule has 1 fully saturated rings. The number of amides is 1. The van der Waals surface area contributed by atoms with Crippen LogP contribution in [0.3, 0.4) is 0 Å². The van der Waals surface area contributed by atoms with E-state index < -0.39 is 15.4 Å². The van der Waals surface area contributed by atoms with E-state index in [1.54, 1.807) is 31.2 Å². The van der Waals surface area contributed by atoms with E-state index in [0.29, 0.717) is 24.3 Å². The molecule has 1 heterocycles. The highest BCUT2D eigenvalue weighted by atomic mass is 32.2. The Bertz CT molecular complexity index is 758. The van der Waals surface area contributed by atoms with Crippen molar-refractivity contribution in [2.24, 2.45) is 0 Å². The van der Waals surface area contributed by atoms with Crippen LogP contribution in [0.25, 0.3) is 0 Å². The van der Waals surface area contributed by atoms with E-state index in [1.165, 1.54) is 4.90 Å². The quantitative estimate of drug-likeness (QED) is 0.741. The molecular formula is C18H25NO5S. The zero-order valence-corrected chi connectivity index (χ0v) is 15.5. The van der Waals surface area contributed by atoms with Crippen LogP contribution in [0.4, 0.5) is 0 Å². The van der Waals surface area contributed by atoms with Crippen molar-refractivity contribution in [3.05, 3.63) is 42.0 Å². The van der Waals surface area contributed by atoms with Gasteiger partial charge in [-0.05, 0) is 44.0 Å². The van der Waals surface area contributed by atoms with E-state index in [0.717, 1.165) is 5.57 Å². The number of carbonyl (C=O) groups is 1. The van der Waals surface area contributed by atoms with E-state index in [9.17, 15) is 18.3 Å². The smallest absolute Gasteiger partial charge is 0.254 e. The summed E-state index contributed by atoms with van der Waals surface area (Å²) in [7, 11) is -3.17. The molecule has 138 valence electrons. The van der Waals surface area contributed by atoms with Crippen molar-refractivity contribution in [1.29, 1.82) is 0 Å². The Morgan fingerprint density at radius 1 is 1.44 bits per heavy atom. The van der Waals surface area contributed by atoms with E-state index in [2.05, 4.69) is 6.58 Å². The van der Waals surface area contributed by atoms with Crippen molar-refractivity contribution < 1.29 is 23.1 Å². The molecule has 6 nitrogen and oxygen atoms in total. The molecule has 25 heavy (non-hydrogen) atoms. The molecule has 1 saturated heterocycles. The lowest BCUT2D eigenvalue weighted by Gasteiger charge is -2.37. The molecule has 1 aromatic carbocycles. The summed E-state index contributed by atoms with van der Waals surface area (Å²) in [4.78, 5) is 14.4. The van der Waals surface area contributed by atoms with Gasteiger partial charge in [0, 0.05) is 12.1 Å². The highest BCUT2D eigenvalue weighted by molar-refractivity contribution is 7.91. The van der Waals surface area contributed by atoms with Gasteiger partial charge in [-0.15, -0.1) is 0 Å². The third kappa shape index (κ3) is 4.83. The molecule has 0 radical (unpaired) electrons. The van der Waals surface area contributed by atoms with Gasteiger partial charge in [-0.2, -0.15) is 0 Å². The summed E-state index contributed by atoms with van der Waals surface area (Å²) in [6.07, 6.45) is 0.368. The number of sulfone groups is 1. The number of ether oxygens (including phenoxy) is 1. The van der Waals surface area contributed by atoms with Gasteiger partial charge in [0.2, 0.25) is 0 Å². The van der Waals surface area contributed by atoms with Gasteiger partial charge in [0.05, 0.1) is 23.7 Å². The molecule has 1 aliphatic rings. The minimum Gasteiger partial charge on any atom is -0.489 e. The first kappa shape index (κ1) is 19.5. The van der Waals surface area contributed by atoms with Gasteiger partial charge >= 0.3 is 0 Å². The van der Waals surface area contributed by atoms with Crippen molar-refractivity contribution in [2.75, 3.05) is 31.3 Å². The Morgan fingerprint density at radius 2 is 2.16 bits per heavy atom. The van der Waals surface area contributed by atoms with E-state index in [4.69, 9.17) is 4.74 Å². The van der Waals surface area contributed by atoms with Crippen molar-refractivity contribution in [2.45, 2.75) is 25.8 Å². The molecule has 0 bridgehead atoms. The van der Waals surface area contributed by atoms with Crippen LogP contribution in [0.15, 0.2) is 36.4 Å². The van der Waals surface area contributed by atoms with Gasteiger partial charge in [0.15, 0.2) is 9.84 Å². The largest absolute Gasteiger partial charge is 0.489 e. The fourth-order valence-electron chi connectivity index (χ4n) is 3.00. The summed E-state index contributed by atoms with van der Waals surface area (Å²) in [5.41, 5.74) is 0.452. The number of rotatable bonds is 7. The number of aliphatic hydroxyl groups excluding tert-OH is 1. The average molecular weight is 367 g/mol. The van der Waals surface area contributed by atoms with Crippen LogP contribution in [0.5, 0.6) is 5.75 Å². The van der Waals surface area contributed by atoms with Crippen LogP contribution in [-0.4, -0.2) is 61.1 Å². The molecule has 1 N–H and O–H groups in total. The molecular weight excluding hydrogens is 342 g/mol. The average Bonchev–Trinajstić information content (AvgIpc) is 2.84. The molecule has 0 aliphatic carbocycles. The second-order valence-electron chi connectivity index (χ2n) is 6.79. The molecule has 0 spiro atoms. The normalized spacial score (nSPS) is 21.7. The summed E-state index contributed by atoms with van der Waals surface area (Å²) in [5.74, 6) is 0.203. The fraction of sp³-hybridized carbons (Fsp3) is 0.500. The molecule has 0 saturated carbocycles. The maximum atomic E-state index is 13.0. The number of carbonyl (C=O) groups excluding carboxylic acids is 1. The first-order valence-electron chi connectivity index (χ1n) is 8.17. The molecule has 0 aromatic heterocycles. The van der Waals surface area contributed by atoms with Gasteiger partial charge < -0.3 is 14.7 Å². The highest BCUT2D eigenvalue weighted by Crippen LogP contribution is 2.31. The third-order valence-electron chi connectivity index (χ3n) is 4.27. The predicted molar refractivity (Wildman–Crippen MR) is 96.5 cm³/mol. The van der Waals surface area contributed by atoms with Crippen molar-refractivity contribution in [3.8, 4) is 5.75 Å². The minimum absolute atomic E-state index is 0.0560. The summed E-state index contributed by atoms with van der Waals surface area (Å²) in [5, 5.41) is 9.36. The predicted octanol–water partition coefficient (Wildman–Crippen LogP) is 1.65. The van der Waals surface area contributed by atoms with Gasteiger partial charge in [-0.3, -0.25) is 4.79 Å². The number of hydrogen-bond acceptors (Lipinski definition) is 5. The van der Waals surface area contributed by atoms with Crippen LogP contribution in [0, 0.1) is 0 Å². The lowest BCUT2D eigenvalue weighted by Crippen LogP contribution is -2.51. The van der Waals surface area contributed by atoms with E-state index in [1.807, 2.05) is 6.92 Å². The van der Waals surface area contributed by atoms with Crippen LogP contribution in [0.2, 0.25) is 0 Å². The van der Waals surface area contributed by atoms with Crippen LogP contribution in [-0.2, 0) is 9.84 Å². The van der Waals surface area contributed by atoms with Crippen molar-refractivity contribution in [1.82, 2.24) is 4.90 Å². The molecule has 2 rings (SSSR count). The minimum atomic E-state index is -3.17. The fourth-order valence-corrected chi connectivity index (χ4v) is 5.15. The number of hydrogen-bond donors (Lipinski definition) is 1. The highest BCUT2D eigenvalue weighted by Gasteiger charge is 2.44. The Labute approximate surface area is 149 Å². The number of β-amino-alcohol motifs (C(OH)–C–C–N with tert-alkyl or cyclic N) is 1. The van der Waals surface area contributed by atoms with E-state index in [-0.39, 0.29) is 30.6 Å². The van der Waals surface area contributed by atoms with Crippen LogP contribution < -0.4 is 4.74 Å². The monoisotopic (exact) mass is 367 g/mol. The second-order valence-corrected chi connectivity index (χ2v) is 8.98. The maximum absolute atomic E-state index is 13.0. The molecule has 1 atom stereocenters. The Kier molecular flexibility index (Phi) is 5.90. The molecule has 7 heteroatoms. The lowest BCUT2D eigenvalue weighted by atomic mass is 9.97. The Hall–Kier alpha value is -1.86.